The fourth-order valence-electron chi connectivity index (χ4n) is 1.69. The first-order valence-electron chi connectivity index (χ1n) is 5.95. The summed E-state index contributed by atoms with van der Waals surface area (Å²) in [6, 6.07) is 7.57. The van der Waals surface area contributed by atoms with Gasteiger partial charge in [0.1, 0.15) is 0 Å². The van der Waals surface area contributed by atoms with Gasteiger partial charge in [0.25, 0.3) is 0 Å². The van der Waals surface area contributed by atoms with Crippen LogP contribution < -0.4 is 5.32 Å². The fourth-order valence-corrected chi connectivity index (χ4v) is 2.90. The number of amides is 1. The van der Waals surface area contributed by atoms with Crippen molar-refractivity contribution in [2.24, 2.45) is 4.99 Å². The van der Waals surface area contributed by atoms with E-state index in [-0.39, 0.29) is 11.2 Å². The van der Waals surface area contributed by atoms with E-state index in [4.69, 9.17) is 11.6 Å². The molecule has 1 saturated heterocycles. The minimum Gasteiger partial charge on any atom is -0.304 e. The van der Waals surface area contributed by atoms with E-state index in [0.29, 0.717) is 6.54 Å². The lowest BCUT2D eigenvalue weighted by Crippen LogP contribution is -2.24. The Hall–Kier alpha value is -1.00. The largest absolute Gasteiger partial charge is 0.304 e. The second kappa shape index (κ2) is 6.25. The number of halogens is 1. The molecule has 0 aromatic heterocycles. The topological polar surface area (TPSA) is 41.5 Å². The molecule has 1 amide bonds. The van der Waals surface area contributed by atoms with E-state index in [1.54, 1.807) is 0 Å². The van der Waals surface area contributed by atoms with Crippen LogP contribution in [0.1, 0.15) is 25.3 Å². The molecule has 1 aliphatic heterocycles. The van der Waals surface area contributed by atoms with Crippen molar-refractivity contribution >= 4 is 34.4 Å². The van der Waals surface area contributed by atoms with Crippen LogP contribution >= 0.6 is 23.4 Å². The van der Waals surface area contributed by atoms with E-state index in [1.165, 1.54) is 11.8 Å². The Labute approximate surface area is 116 Å². The highest BCUT2D eigenvalue weighted by molar-refractivity contribution is 8.15. The number of carbonyl (C=O) groups is 1. The van der Waals surface area contributed by atoms with E-state index in [9.17, 15) is 4.79 Å². The summed E-state index contributed by atoms with van der Waals surface area (Å²) in [4.78, 5) is 16.0. The maximum Gasteiger partial charge on any atom is 0.239 e. The minimum atomic E-state index is 0.0268. The molecule has 1 atom stereocenters. The molecule has 1 aliphatic rings. The molecule has 1 aromatic carbocycles. The summed E-state index contributed by atoms with van der Waals surface area (Å²) >= 11 is 7.34. The second-order valence-corrected chi connectivity index (χ2v) is 5.76. The first-order chi connectivity index (χ1) is 8.69. The normalized spacial score (nSPS) is 21.3. The van der Waals surface area contributed by atoms with Gasteiger partial charge in [-0.05, 0) is 24.1 Å². The molecule has 0 spiro atoms. The number of rotatable bonds is 4. The molecule has 2 rings (SSSR count). The van der Waals surface area contributed by atoms with Crippen LogP contribution in [0.15, 0.2) is 29.3 Å². The van der Waals surface area contributed by atoms with Crippen LogP contribution in [0, 0.1) is 0 Å². The minimum absolute atomic E-state index is 0.0268. The van der Waals surface area contributed by atoms with Crippen LogP contribution in [0.5, 0.6) is 0 Å². The predicted molar refractivity (Wildman–Crippen MR) is 77.0 cm³/mol. The summed E-state index contributed by atoms with van der Waals surface area (Å²) in [6.07, 6.45) is 1.91. The fraction of sp³-hybridized carbons (Fsp3) is 0.385. The van der Waals surface area contributed by atoms with Crippen molar-refractivity contribution in [1.29, 1.82) is 0 Å². The number of nitrogens with one attached hydrogen (secondary N) is 1. The van der Waals surface area contributed by atoms with E-state index < -0.39 is 0 Å². The third kappa shape index (κ3) is 3.50. The summed E-state index contributed by atoms with van der Waals surface area (Å²) in [6.45, 7) is 2.65. The smallest absolute Gasteiger partial charge is 0.239 e. The van der Waals surface area contributed by atoms with Crippen molar-refractivity contribution in [3.05, 3.63) is 34.9 Å². The molecule has 5 heteroatoms. The van der Waals surface area contributed by atoms with Gasteiger partial charge in [0.05, 0.1) is 11.8 Å². The van der Waals surface area contributed by atoms with Gasteiger partial charge in [-0.25, -0.2) is 0 Å². The zero-order valence-electron chi connectivity index (χ0n) is 10.1. The average Bonchev–Trinajstić information content (AvgIpc) is 2.70. The molecule has 18 heavy (non-hydrogen) atoms. The van der Waals surface area contributed by atoms with Crippen LogP contribution in [-0.2, 0) is 11.3 Å². The van der Waals surface area contributed by atoms with Crippen LogP contribution in [0.2, 0.25) is 5.02 Å². The molecule has 1 heterocycles. The van der Waals surface area contributed by atoms with Crippen molar-refractivity contribution in [2.75, 3.05) is 0 Å². The SMILES string of the molecule is CCCC1SC(=NCc2ccc(Cl)cc2)NC1=O. The molecule has 1 aromatic rings. The third-order valence-electron chi connectivity index (χ3n) is 2.65. The maximum atomic E-state index is 11.6. The zero-order chi connectivity index (χ0) is 13.0. The van der Waals surface area contributed by atoms with Crippen LogP contribution in [0.4, 0.5) is 0 Å². The first kappa shape index (κ1) is 13.4. The van der Waals surface area contributed by atoms with Crippen molar-refractivity contribution in [3.63, 3.8) is 0 Å². The third-order valence-corrected chi connectivity index (χ3v) is 4.09. The van der Waals surface area contributed by atoms with Crippen molar-refractivity contribution < 1.29 is 4.79 Å². The Morgan fingerprint density at radius 1 is 1.39 bits per heavy atom. The van der Waals surface area contributed by atoms with Gasteiger partial charge < -0.3 is 5.32 Å². The quantitative estimate of drug-likeness (QED) is 0.921. The molecule has 0 aliphatic carbocycles. The van der Waals surface area contributed by atoms with Gasteiger partial charge >= 0.3 is 0 Å². The summed E-state index contributed by atoms with van der Waals surface area (Å²) in [5.41, 5.74) is 1.08. The van der Waals surface area contributed by atoms with Crippen molar-refractivity contribution in [3.8, 4) is 0 Å². The number of aliphatic imine (C=N–C) groups is 1. The molecule has 0 bridgehead atoms. The van der Waals surface area contributed by atoms with Crippen LogP contribution in [0.3, 0.4) is 0 Å². The lowest BCUT2D eigenvalue weighted by molar-refractivity contribution is -0.118. The molecule has 3 nitrogen and oxygen atoms in total. The van der Waals surface area contributed by atoms with E-state index >= 15 is 0 Å². The Balaban J connectivity index is 1.94. The first-order valence-corrected chi connectivity index (χ1v) is 7.21. The number of hydrogen-bond acceptors (Lipinski definition) is 3. The van der Waals surface area contributed by atoms with E-state index in [1.807, 2.05) is 24.3 Å². The second-order valence-electron chi connectivity index (χ2n) is 4.13. The monoisotopic (exact) mass is 282 g/mol. The highest BCUT2D eigenvalue weighted by Gasteiger charge is 2.28. The van der Waals surface area contributed by atoms with Gasteiger partial charge in [0.2, 0.25) is 5.91 Å². The number of thioether (sulfide) groups is 1. The highest BCUT2D eigenvalue weighted by Crippen LogP contribution is 2.23. The lowest BCUT2D eigenvalue weighted by atomic mass is 10.2. The number of amidine groups is 1. The van der Waals surface area contributed by atoms with Crippen molar-refractivity contribution in [2.45, 2.75) is 31.6 Å². The summed E-state index contributed by atoms with van der Waals surface area (Å²) in [5.74, 6) is 0.0803. The molecule has 0 radical (unpaired) electrons. The molecular formula is C13H15ClN2OS. The van der Waals surface area contributed by atoms with Gasteiger partial charge in [-0.15, -0.1) is 0 Å². The Bertz CT molecular complexity index is 459. The molecule has 0 saturated carbocycles. The van der Waals surface area contributed by atoms with Gasteiger partial charge in [-0.3, -0.25) is 9.79 Å². The summed E-state index contributed by atoms with van der Waals surface area (Å²) < 4.78 is 0. The average molecular weight is 283 g/mol. The zero-order valence-corrected chi connectivity index (χ0v) is 11.7. The van der Waals surface area contributed by atoms with Crippen LogP contribution in [-0.4, -0.2) is 16.3 Å². The Kier molecular flexibility index (Phi) is 4.66. The van der Waals surface area contributed by atoms with Crippen molar-refractivity contribution in [1.82, 2.24) is 5.32 Å². The predicted octanol–water partition coefficient (Wildman–Crippen LogP) is 3.23. The summed E-state index contributed by atoms with van der Waals surface area (Å²) in [5, 5.41) is 4.30. The standard InChI is InChI=1S/C13H15ClN2OS/c1-2-3-11-12(17)16-13(18-11)15-8-9-4-6-10(14)7-5-9/h4-7,11H,2-3,8H2,1H3,(H,15,16,17). The summed E-state index contributed by atoms with van der Waals surface area (Å²) in [7, 11) is 0. The lowest BCUT2D eigenvalue weighted by Gasteiger charge is -2.00. The van der Waals surface area contributed by atoms with Gasteiger partial charge in [0, 0.05) is 5.02 Å². The van der Waals surface area contributed by atoms with Gasteiger partial charge in [0.15, 0.2) is 5.17 Å². The number of hydrogen-bond donors (Lipinski definition) is 1. The Morgan fingerprint density at radius 2 is 2.11 bits per heavy atom. The molecule has 1 unspecified atom stereocenters. The van der Waals surface area contributed by atoms with E-state index in [2.05, 4.69) is 17.2 Å². The molecular weight excluding hydrogens is 268 g/mol. The molecule has 1 N–H and O–H groups in total. The van der Waals surface area contributed by atoms with Crippen LogP contribution in [0.25, 0.3) is 0 Å². The maximum absolute atomic E-state index is 11.6. The number of benzene rings is 1. The van der Waals surface area contributed by atoms with E-state index in [0.717, 1.165) is 28.6 Å². The number of carbonyl (C=O) groups excluding carboxylic acids is 1. The highest BCUT2D eigenvalue weighted by atomic mass is 35.5. The Morgan fingerprint density at radius 3 is 2.78 bits per heavy atom. The van der Waals surface area contributed by atoms with Gasteiger partial charge in [-0.2, -0.15) is 0 Å². The number of nitrogens with zero attached hydrogens (tertiary/aromatic N) is 1. The molecule has 96 valence electrons. The van der Waals surface area contributed by atoms with Gasteiger partial charge in [-0.1, -0.05) is 48.8 Å². The molecule has 1 fully saturated rings.